The van der Waals surface area contributed by atoms with Crippen LogP contribution in [-0.2, 0) is 42.7 Å². The minimum Gasteiger partial charge on any atom is -0.394 e. The van der Waals surface area contributed by atoms with Gasteiger partial charge in [0.05, 0.1) is 39.1 Å². The molecule has 4 rings (SSSR count). The van der Waals surface area contributed by atoms with E-state index in [9.17, 15) is 71.2 Å². The van der Waals surface area contributed by atoms with Crippen molar-refractivity contribution in [3.63, 3.8) is 0 Å². The van der Waals surface area contributed by atoms with Gasteiger partial charge in [-0.1, -0.05) is 6.42 Å². The maximum absolute atomic E-state index is 11.4. The molecule has 0 aromatic heterocycles. The number of rotatable bonds is 21. The lowest BCUT2D eigenvalue weighted by Gasteiger charge is -2.46. The van der Waals surface area contributed by atoms with E-state index in [4.69, 9.17) is 37.9 Å². The Balaban J connectivity index is 1.44. The summed E-state index contributed by atoms with van der Waals surface area (Å²) in [5, 5.41) is 134. The van der Waals surface area contributed by atoms with E-state index < -0.39 is 143 Å². The Morgan fingerprint density at radius 3 is 1.55 bits per heavy atom. The van der Waals surface area contributed by atoms with Crippen molar-refractivity contribution >= 4 is 5.78 Å². The molecule has 20 atom stereocenters. The molecule has 4 saturated heterocycles. The van der Waals surface area contributed by atoms with E-state index >= 15 is 0 Å². The molecule has 0 aliphatic carbocycles. The number of aliphatic hydroxyl groups excluding tert-OH is 13. The van der Waals surface area contributed by atoms with Gasteiger partial charge in [0.1, 0.15) is 97.3 Å². The summed E-state index contributed by atoms with van der Waals surface area (Å²) in [4.78, 5) is 13.3. The van der Waals surface area contributed by atoms with Gasteiger partial charge in [0, 0.05) is 19.5 Å². The quantitative estimate of drug-likeness (QED) is 0.0477. The highest BCUT2D eigenvalue weighted by molar-refractivity contribution is 5.75. The highest BCUT2D eigenvalue weighted by Gasteiger charge is 2.52. The summed E-state index contributed by atoms with van der Waals surface area (Å²) in [6.45, 7) is 1.65. The van der Waals surface area contributed by atoms with Gasteiger partial charge >= 0.3 is 0 Å². The third-order valence-electron chi connectivity index (χ3n) is 10.7. The van der Waals surface area contributed by atoms with Gasteiger partial charge in [0.2, 0.25) is 0 Å². The summed E-state index contributed by atoms with van der Waals surface area (Å²) in [6.07, 6.45) is -29.1. The van der Waals surface area contributed by atoms with Gasteiger partial charge in [-0.25, -0.2) is 0 Å². The zero-order valence-corrected chi connectivity index (χ0v) is 32.5. The Hall–Kier alpha value is -1.21. The second kappa shape index (κ2) is 23.3. The Labute approximate surface area is 334 Å². The molecule has 0 bridgehead atoms. The maximum Gasteiger partial charge on any atom is 0.187 e. The van der Waals surface area contributed by atoms with E-state index in [1.807, 2.05) is 4.90 Å². The Bertz CT molecular complexity index is 1210. The van der Waals surface area contributed by atoms with Crippen LogP contribution in [0, 0.1) is 0 Å². The fourth-order valence-corrected chi connectivity index (χ4v) is 7.04. The van der Waals surface area contributed by atoms with Crippen LogP contribution in [0.2, 0.25) is 0 Å². The van der Waals surface area contributed by atoms with Gasteiger partial charge in [-0.3, -0.25) is 4.90 Å². The average Bonchev–Trinajstić information content (AvgIpc) is 3.19. The van der Waals surface area contributed by atoms with Crippen LogP contribution in [0.5, 0.6) is 0 Å². The van der Waals surface area contributed by atoms with Crippen molar-refractivity contribution in [1.29, 1.82) is 0 Å². The summed E-state index contributed by atoms with van der Waals surface area (Å²) < 4.78 is 45.1. The number of hydrogen-bond donors (Lipinski definition) is 13. The number of ether oxygens (including phenoxy) is 8. The lowest BCUT2D eigenvalue weighted by atomic mass is 9.96. The van der Waals surface area contributed by atoms with E-state index in [1.165, 1.54) is 13.8 Å². The molecule has 23 nitrogen and oxygen atoms in total. The molecule has 4 heterocycles. The topological polar surface area (TPSA) is 357 Å². The van der Waals surface area contributed by atoms with Gasteiger partial charge in [-0.2, -0.15) is 0 Å². The first-order chi connectivity index (χ1) is 27.5. The molecule has 0 spiro atoms. The molecule has 23 heteroatoms. The molecule has 0 amide bonds. The molecule has 4 fully saturated rings. The number of carbonyl (C=O) groups excluding carboxylic acids is 1. The molecule has 0 aromatic carbocycles. The smallest absolute Gasteiger partial charge is 0.187 e. The zero-order chi connectivity index (χ0) is 42.8. The van der Waals surface area contributed by atoms with Crippen molar-refractivity contribution in [2.24, 2.45) is 0 Å². The molecule has 13 N–H and O–H groups in total. The fourth-order valence-electron chi connectivity index (χ4n) is 7.04. The number of hydrogen-bond acceptors (Lipinski definition) is 23. The van der Waals surface area contributed by atoms with Crippen molar-refractivity contribution in [1.82, 2.24) is 4.90 Å². The summed E-state index contributed by atoms with van der Waals surface area (Å²) in [5.41, 5.74) is 0. The van der Waals surface area contributed by atoms with E-state index in [0.29, 0.717) is 25.8 Å². The largest absolute Gasteiger partial charge is 0.394 e. The molecule has 340 valence electrons. The third kappa shape index (κ3) is 12.7. The molecule has 0 aromatic rings. The number of carbonyl (C=O) groups is 1. The van der Waals surface area contributed by atoms with Crippen molar-refractivity contribution in [2.75, 3.05) is 52.7 Å². The zero-order valence-electron chi connectivity index (χ0n) is 32.5. The minimum atomic E-state index is -1.91. The van der Waals surface area contributed by atoms with E-state index in [1.54, 1.807) is 0 Å². The van der Waals surface area contributed by atoms with Crippen molar-refractivity contribution in [2.45, 2.75) is 162 Å². The average molecular weight is 850 g/mol. The van der Waals surface area contributed by atoms with E-state index in [-0.39, 0.29) is 32.1 Å². The number of unbranched alkanes of at least 4 members (excludes halogenated alkanes) is 2. The summed E-state index contributed by atoms with van der Waals surface area (Å²) in [7, 11) is 0. The Morgan fingerprint density at radius 2 is 1.00 bits per heavy atom. The van der Waals surface area contributed by atoms with E-state index in [2.05, 4.69) is 0 Å². The molecule has 4 aliphatic heterocycles. The van der Waals surface area contributed by atoms with Crippen LogP contribution in [-0.4, -0.2) is 253 Å². The fraction of sp³-hybridized carbons (Fsp3) is 0.971. The first-order valence-corrected chi connectivity index (χ1v) is 19.5. The predicted molar refractivity (Wildman–Crippen MR) is 189 cm³/mol. The monoisotopic (exact) mass is 849 g/mol. The lowest BCUT2D eigenvalue weighted by molar-refractivity contribution is -0.366. The molecule has 4 aliphatic rings. The SMILES string of the molecule is CC(=O)CCCCCN(CCO[C@H]1O[C@@H](C)[C@@H](O)[C@@H](O)[C@@H]1O)CCO[C@H]1O[C@H](CO[C@H]2O[C@H](CO)[C@@H](O)[C@H](O)[C@@H]2O)[C@@H](O)[C@H](O[C@H]2O[C@H](CO)[C@@H](O)[C@H](O)[C@@H]2O)[C@@H]1O. The van der Waals surface area contributed by atoms with Gasteiger partial charge in [-0.05, 0) is 33.2 Å². The second-order valence-electron chi connectivity index (χ2n) is 15.1. The molecule has 0 unspecified atom stereocenters. The summed E-state index contributed by atoms with van der Waals surface area (Å²) in [6, 6.07) is 0. The molecule has 0 radical (unpaired) electrons. The standard InChI is InChI=1S/C35H63NO22/c1-15(39)6-4-3-5-7-36(8-10-51-32-27(47)24(44)20(40)16(2)54-32)9-11-52-34-30(50)31(58-35-29(49)26(46)22(42)18(13-38)56-35)23(43)19(57-34)14-53-33-28(48)25(45)21(41)17(12-37)55-33/h16-35,37-38,40-50H,3-14H2,1-2H3/t16-,17+,18+,19+,20+,21+,22+,23+,24+,25-,26-,27-,28-,29-,30-,31-,32-,33-,34-,35+/m0/s1. The van der Waals surface area contributed by atoms with Gasteiger partial charge in [0.15, 0.2) is 25.2 Å². The van der Waals surface area contributed by atoms with Crippen LogP contribution in [0.3, 0.4) is 0 Å². The molecular formula is C35H63NO22. The Morgan fingerprint density at radius 1 is 0.517 bits per heavy atom. The molecule has 58 heavy (non-hydrogen) atoms. The van der Waals surface area contributed by atoms with Gasteiger partial charge in [0.25, 0.3) is 0 Å². The Kier molecular flexibility index (Phi) is 19.9. The van der Waals surface area contributed by atoms with Gasteiger partial charge in [-0.15, -0.1) is 0 Å². The van der Waals surface area contributed by atoms with Crippen LogP contribution in [0.1, 0.15) is 39.5 Å². The summed E-state index contributed by atoms with van der Waals surface area (Å²) >= 11 is 0. The van der Waals surface area contributed by atoms with Crippen LogP contribution in [0.15, 0.2) is 0 Å². The number of aliphatic hydroxyl groups is 13. The van der Waals surface area contributed by atoms with Crippen molar-refractivity contribution < 1.29 is 109 Å². The minimum absolute atomic E-state index is 0.00578. The third-order valence-corrected chi connectivity index (χ3v) is 10.7. The van der Waals surface area contributed by atoms with E-state index in [0.717, 1.165) is 6.42 Å². The van der Waals surface area contributed by atoms with Crippen LogP contribution in [0.25, 0.3) is 0 Å². The highest BCUT2D eigenvalue weighted by Crippen LogP contribution is 2.31. The van der Waals surface area contributed by atoms with Crippen molar-refractivity contribution in [3.8, 4) is 0 Å². The second-order valence-corrected chi connectivity index (χ2v) is 15.1. The highest BCUT2D eigenvalue weighted by atomic mass is 16.8. The number of ketones is 1. The summed E-state index contributed by atoms with van der Waals surface area (Å²) in [5.74, 6) is 0.0631. The number of nitrogens with zero attached hydrogens (tertiary/aromatic N) is 1. The molecular weight excluding hydrogens is 786 g/mol. The predicted octanol–water partition coefficient (Wildman–Crippen LogP) is -7.25. The van der Waals surface area contributed by atoms with Crippen molar-refractivity contribution in [3.05, 3.63) is 0 Å². The first kappa shape index (κ1) is 49.4. The van der Waals surface area contributed by atoms with Crippen LogP contribution < -0.4 is 0 Å². The lowest BCUT2D eigenvalue weighted by Crippen LogP contribution is -2.65. The van der Waals surface area contributed by atoms with Crippen LogP contribution in [0.4, 0.5) is 0 Å². The normalized spacial score (nSPS) is 43.8. The van der Waals surface area contributed by atoms with Gasteiger partial charge < -0.3 is 109 Å². The van der Waals surface area contributed by atoms with Crippen LogP contribution >= 0.6 is 0 Å². The maximum atomic E-state index is 11.4. The molecule has 0 saturated carbocycles. The first-order valence-electron chi connectivity index (χ1n) is 19.5. The number of Topliss-reactive ketones (excluding diaryl/α,β-unsaturated/α-hetero) is 1.